The van der Waals surface area contributed by atoms with E-state index in [4.69, 9.17) is 19.2 Å². The van der Waals surface area contributed by atoms with Gasteiger partial charge in [0.1, 0.15) is 5.82 Å². The molecule has 0 heterocycles. The van der Waals surface area contributed by atoms with Crippen LogP contribution in [0.2, 0.25) is 0 Å². The van der Waals surface area contributed by atoms with Crippen molar-refractivity contribution in [1.29, 1.82) is 0 Å². The molecule has 0 atom stereocenters. The second-order valence-corrected chi connectivity index (χ2v) is 6.22. The molecule has 0 aliphatic rings. The van der Waals surface area contributed by atoms with Crippen LogP contribution in [0.25, 0.3) is 0 Å². The number of hydrogen-bond acceptors (Lipinski definition) is 6. The van der Waals surface area contributed by atoms with E-state index < -0.39 is 5.97 Å². The summed E-state index contributed by atoms with van der Waals surface area (Å²) in [6.07, 6.45) is 3.77. The molecule has 1 rings (SSSR count). The van der Waals surface area contributed by atoms with E-state index in [9.17, 15) is 4.79 Å². The summed E-state index contributed by atoms with van der Waals surface area (Å²) in [7, 11) is 4.54. The number of unbranched alkanes of at least 4 members (excludes halogenated alkanes) is 1. The molecule has 0 saturated carbocycles. The summed E-state index contributed by atoms with van der Waals surface area (Å²) in [4.78, 5) is 18.7. The molecule has 0 unspecified atom stereocenters. The Morgan fingerprint density at radius 3 is 2.39 bits per heavy atom. The molecule has 0 N–H and O–H groups in total. The van der Waals surface area contributed by atoms with Gasteiger partial charge in [-0.1, -0.05) is 19.9 Å². The van der Waals surface area contributed by atoms with Crippen LogP contribution in [-0.2, 0) is 9.53 Å². The summed E-state index contributed by atoms with van der Waals surface area (Å²) >= 11 is 0. The maximum atomic E-state index is 11.8. The third kappa shape index (κ3) is 6.44. The predicted octanol–water partition coefficient (Wildman–Crippen LogP) is 4.21. The Bertz CT molecular complexity index is 738. The van der Waals surface area contributed by atoms with Gasteiger partial charge in [0, 0.05) is 18.8 Å². The van der Waals surface area contributed by atoms with Crippen molar-refractivity contribution in [2.24, 2.45) is 4.99 Å². The number of ether oxygens (including phenoxy) is 3. The second kappa shape index (κ2) is 11.8. The number of esters is 1. The van der Waals surface area contributed by atoms with E-state index in [2.05, 4.69) is 25.3 Å². The first-order chi connectivity index (χ1) is 13.4. The zero-order chi connectivity index (χ0) is 21.1. The smallest absolute Gasteiger partial charge is 0.337 e. The van der Waals surface area contributed by atoms with Crippen LogP contribution in [0, 0.1) is 0 Å². The number of carbonyl (C=O) groups is 1. The maximum absolute atomic E-state index is 11.8. The number of aliphatic imine (C=N–C) groups is 1. The zero-order valence-corrected chi connectivity index (χ0v) is 17.9. The summed E-state index contributed by atoms with van der Waals surface area (Å²) < 4.78 is 15.5. The molecule has 0 aromatic heterocycles. The van der Waals surface area contributed by atoms with Gasteiger partial charge in [-0.25, -0.2) is 9.79 Å². The summed E-state index contributed by atoms with van der Waals surface area (Å²) in [5.74, 6) is 1.51. The van der Waals surface area contributed by atoms with Gasteiger partial charge in [-0.3, -0.25) is 0 Å². The highest BCUT2D eigenvalue weighted by Gasteiger charge is 2.13. The Morgan fingerprint density at radius 2 is 1.86 bits per heavy atom. The molecule has 1 aromatic rings. The molecule has 0 aliphatic heterocycles. The lowest BCUT2D eigenvalue weighted by molar-refractivity contribution is -0.135. The minimum Gasteiger partial charge on any atom is -0.493 e. The van der Waals surface area contributed by atoms with Gasteiger partial charge in [-0.05, 0) is 50.1 Å². The number of benzene rings is 1. The average molecular weight is 389 g/mol. The Hall–Kier alpha value is -2.76. The Kier molecular flexibility index (Phi) is 9.85. The molecule has 0 fully saturated rings. The minimum atomic E-state index is -0.469. The zero-order valence-electron chi connectivity index (χ0n) is 17.9. The van der Waals surface area contributed by atoms with Gasteiger partial charge in [0.05, 0.1) is 26.9 Å². The molecular weight excluding hydrogens is 356 g/mol. The van der Waals surface area contributed by atoms with Crippen molar-refractivity contribution in [3.8, 4) is 11.5 Å². The predicted molar refractivity (Wildman–Crippen MR) is 113 cm³/mol. The fourth-order valence-electron chi connectivity index (χ4n) is 2.62. The van der Waals surface area contributed by atoms with Crippen LogP contribution >= 0.6 is 0 Å². The molecule has 6 nitrogen and oxygen atoms in total. The molecule has 0 saturated heterocycles. The lowest BCUT2D eigenvalue weighted by Crippen LogP contribution is -2.24. The van der Waals surface area contributed by atoms with Crippen LogP contribution in [-0.4, -0.2) is 51.0 Å². The van der Waals surface area contributed by atoms with Crippen molar-refractivity contribution in [1.82, 2.24) is 4.90 Å². The molecule has 28 heavy (non-hydrogen) atoms. The first kappa shape index (κ1) is 23.3. The number of nitrogens with zero attached hydrogens (tertiary/aromatic N) is 2. The van der Waals surface area contributed by atoms with Crippen LogP contribution in [0.4, 0.5) is 0 Å². The van der Waals surface area contributed by atoms with Crippen molar-refractivity contribution in [3.05, 3.63) is 47.8 Å². The normalized spacial score (nSPS) is 11.8. The fourth-order valence-corrected chi connectivity index (χ4v) is 2.62. The first-order valence-corrected chi connectivity index (χ1v) is 9.43. The molecule has 1 aromatic carbocycles. The Balaban J connectivity index is 3.34. The molecular formula is C22H32N2O4. The molecule has 154 valence electrons. The van der Waals surface area contributed by atoms with E-state index in [0.29, 0.717) is 17.3 Å². The molecule has 0 amide bonds. The van der Waals surface area contributed by atoms with Gasteiger partial charge < -0.3 is 19.1 Å². The van der Waals surface area contributed by atoms with Crippen molar-refractivity contribution >= 4 is 11.7 Å². The van der Waals surface area contributed by atoms with E-state index in [1.54, 1.807) is 20.3 Å². The van der Waals surface area contributed by atoms with Crippen LogP contribution in [0.15, 0.2) is 47.2 Å². The molecule has 6 heteroatoms. The van der Waals surface area contributed by atoms with Gasteiger partial charge in [-0.15, -0.1) is 0 Å². The topological polar surface area (TPSA) is 60.4 Å². The monoisotopic (exact) mass is 388 g/mol. The van der Waals surface area contributed by atoms with Gasteiger partial charge in [0.2, 0.25) is 0 Å². The highest BCUT2D eigenvalue weighted by atomic mass is 16.5. The number of methoxy groups -OCH3 is 3. The maximum Gasteiger partial charge on any atom is 0.337 e. The largest absolute Gasteiger partial charge is 0.493 e. The van der Waals surface area contributed by atoms with E-state index >= 15 is 0 Å². The standard InChI is InChI=1S/C22H32N2O4/c1-8-10-13-24(9-2)21(14-16(3)22(25)28-7)23-17(4)18-11-12-19(26-5)20(15-18)27-6/h11-12,14-15H,3,8-10,13H2,1-2,4-7H3/b21-14+,23-17+. The van der Waals surface area contributed by atoms with Crippen LogP contribution in [0.3, 0.4) is 0 Å². The quantitative estimate of drug-likeness (QED) is 0.246. The molecule has 0 aliphatic carbocycles. The highest BCUT2D eigenvalue weighted by Crippen LogP contribution is 2.28. The van der Waals surface area contributed by atoms with Crippen molar-refractivity contribution < 1.29 is 19.0 Å². The number of carbonyl (C=O) groups excluding carboxylic acids is 1. The van der Waals surface area contributed by atoms with E-state index in [1.165, 1.54) is 7.11 Å². The lowest BCUT2D eigenvalue weighted by Gasteiger charge is -2.24. The van der Waals surface area contributed by atoms with E-state index in [1.807, 2.05) is 25.1 Å². The molecule has 0 spiro atoms. The van der Waals surface area contributed by atoms with Crippen molar-refractivity contribution in [2.75, 3.05) is 34.4 Å². The van der Waals surface area contributed by atoms with Gasteiger partial charge in [-0.2, -0.15) is 0 Å². The number of hydrogen-bond donors (Lipinski definition) is 0. The van der Waals surface area contributed by atoms with Crippen LogP contribution in [0.5, 0.6) is 11.5 Å². The van der Waals surface area contributed by atoms with Gasteiger partial charge in [0.25, 0.3) is 0 Å². The van der Waals surface area contributed by atoms with Gasteiger partial charge in [0.15, 0.2) is 11.5 Å². The average Bonchev–Trinajstić information content (AvgIpc) is 2.72. The second-order valence-electron chi connectivity index (χ2n) is 6.22. The van der Waals surface area contributed by atoms with E-state index in [-0.39, 0.29) is 5.57 Å². The molecule has 0 bridgehead atoms. The lowest BCUT2D eigenvalue weighted by atomic mass is 10.1. The first-order valence-electron chi connectivity index (χ1n) is 9.43. The summed E-state index contributed by atoms with van der Waals surface area (Å²) in [6, 6.07) is 5.65. The van der Waals surface area contributed by atoms with Crippen molar-refractivity contribution in [3.63, 3.8) is 0 Å². The summed E-state index contributed by atoms with van der Waals surface area (Å²) in [6.45, 7) is 11.5. The number of rotatable bonds is 11. The SMILES string of the molecule is C=C(/C=C(\N=C(/C)c1ccc(OC)c(OC)c1)N(CC)CCCC)C(=O)OC. The Morgan fingerprint density at radius 1 is 1.18 bits per heavy atom. The summed E-state index contributed by atoms with van der Waals surface area (Å²) in [5.41, 5.74) is 1.95. The third-order valence-corrected chi connectivity index (χ3v) is 4.32. The minimum absolute atomic E-state index is 0.260. The third-order valence-electron chi connectivity index (χ3n) is 4.32. The highest BCUT2D eigenvalue weighted by molar-refractivity contribution is 6.00. The van der Waals surface area contributed by atoms with Crippen LogP contribution in [0.1, 0.15) is 39.2 Å². The van der Waals surface area contributed by atoms with E-state index in [0.717, 1.165) is 37.2 Å². The summed E-state index contributed by atoms with van der Waals surface area (Å²) in [5, 5.41) is 0. The molecule has 0 radical (unpaired) electrons. The fraction of sp³-hybridized carbons (Fsp3) is 0.455. The van der Waals surface area contributed by atoms with Crippen LogP contribution < -0.4 is 9.47 Å². The van der Waals surface area contributed by atoms with Crippen molar-refractivity contribution in [2.45, 2.75) is 33.6 Å². The Labute approximate surface area is 168 Å². The van der Waals surface area contributed by atoms with Gasteiger partial charge >= 0.3 is 5.97 Å².